The van der Waals surface area contributed by atoms with E-state index in [0.29, 0.717) is 11.8 Å². The summed E-state index contributed by atoms with van der Waals surface area (Å²) in [6, 6.07) is 0.231. The molecule has 1 saturated heterocycles. The van der Waals surface area contributed by atoms with Crippen LogP contribution in [0.4, 0.5) is 0 Å². The molecule has 3 rings (SSSR count). The summed E-state index contributed by atoms with van der Waals surface area (Å²) >= 11 is 0. The summed E-state index contributed by atoms with van der Waals surface area (Å²) in [6.07, 6.45) is 6.25. The zero-order valence-electron chi connectivity index (χ0n) is 9.60. The van der Waals surface area contributed by atoms with Crippen molar-refractivity contribution >= 4 is 18.3 Å². The van der Waals surface area contributed by atoms with E-state index in [4.69, 9.17) is 5.73 Å². The van der Waals surface area contributed by atoms with E-state index >= 15 is 0 Å². The van der Waals surface area contributed by atoms with Gasteiger partial charge in [-0.1, -0.05) is 12.8 Å². The molecule has 2 unspecified atom stereocenters. The first-order chi connectivity index (χ1) is 7.27. The van der Waals surface area contributed by atoms with Crippen molar-refractivity contribution in [1.29, 1.82) is 0 Å². The molecule has 0 spiro atoms. The Morgan fingerprint density at radius 1 is 1.12 bits per heavy atom. The first-order valence-electron chi connectivity index (χ1n) is 6.32. The van der Waals surface area contributed by atoms with Crippen LogP contribution in [0.1, 0.15) is 32.1 Å². The Morgan fingerprint density at radius 2 is 1.75 bits per heavy atom. The Morgan fingerprint density at radius 3 is 2.25 bits per heavy atom. The maximum atomic E-state index is 12.2. The fourth-order valence-corrected chi connectivity index (χ4v) is 3.56. The van der Waals surface area contributed by atoms with Crippen LogP contribution in [-0.2, 0) is 4.79 Å². The van der Waals surface area contributed by atoms with Gasteiger partial charge in [0, 0.05) is 25.0 Å². The summed E-state index contributed by atoms with van der Waals surface area (Å²) in [5, 5.41) is 0. The highest BCUT2D eigenvalue weighted by Crippen LogP contribution is 2.56. The molecule has 0 aromatic rings. The fraction of sp³-hybridized carbons (Fsp3) is 0.917. The lowest BCUT2D eigenvalue weighted by atomic mass is 10.0. The molecule has 16 heavy (non-hydrogen) atoms. The summed E-state index contributed by atoms with van der Waals surface area (Å²) in [7, 11) is 0. The number of rotatable bonds is 1. The molecule has 1 aliphatic heterocycles. The standard InChI is InChI=1S/C12H20N2O.ClH/c13-8-5-6-14(7-8)12(15)11-9-3-1-2-4-10(9)11;/h8-11H,1-7,13H2;1H/t8-,9?,10?,11?;/m0./s1. The Labute approximate surface area is 103 Å². The number of hydrogen-bond donors (Lipinski definition) is 1. The lowest BCUT2D eigenvalue weighted by molar-refractivity contribution is -0.132. The van der Waals surface area contributed by atoms with Gasteiger partial charge in [0.25, 0.3) is 0 Å². The largest absolute Gasteiger partial charge is 0.341 e. The predicted octanol–water partition coefficient (Wildman–Crippen LogP) is 1.40. The number of nitrogens with zero attached hydrogens (tertiary/aromatic N) is 1. The number of halogens is 1. The van der Waals surface area contributed by atoms with E-state index in [0.717, 1.165) is 31.3 Å². The number of carbonyl (C=O) groups is 1. The SMILES string of the molecule is Cl.N[C@H]1CCN(C(=O)C2C3CCCCC32)C1. The first kappa shape index (κ1) is 12.2. The average Bonchev–Trinajstić information content (AvgIpc) is 2.82. The van der Waals surface area contributed by atoms with Gasteiger partial charge < -0.3 is 10.6 Å². The monoisotopic (exact) mass is 244 g/mol. The third-order valence-electron chi connectivity index (χ3n) is 4.48. The minimum atomic E-state index is 0. The van der Waals surface area contributed by atoms with Crippen molar-refractivity contribution in [3.05, 3.63) is 0 Å². The Balaban J connectivity index is 0.000000963. The van der Waals surface area contributed by atoms with Gasteiger partial charge in [0.05, 0.1) is 0 Å². The molecule has 3 aliphatic rings. The van der Waals surface area contributed by atoms with Crippen LogP contribution in [0.3, 0.4) is 0 Å². The number of hydrogen-bond acceptors (Lipinski definition) is 2. The lowest BCUT2D eigenvalue weighted by Crippen LogP contribution is -2.33. The second kappa shape index (κ2) is 4.53. The quantitative estimate of drug-likeness (QED) is 0.758. The molecule has 3 atom stereocenters. The van der Waals surface area contributed by atoms with E-state index in [1.54, 1.807) is 0 Å². The molecule has 2 N–H and O–H groups in total. The molecular weight excluding hydrogens is 224 g/mol. The molecule has 4 heteroatoms. The van der Waals surface area contributed by atoms with Crippen LogP contribution in [0.15, 0.2) is 0 Å². The fourth-order valence-electron chi connectivity index (χ4n) is 3.56. The number of carbonyl (C=O) groups excluding carboxylic acids is 1. The molecule has 1 amide bonds. The van der Waals surface area contributed by atoms with E-state index in [9.17, 15) is 4.79 Å². The van der Waals surface area contributed by atoms with Crippen LogP contribution in [0.2, 0.25) is 0 Å². The number of likely N-dealkylation sites (tertiary alicyclic amines) is 1. The van der Waals surface area contributed by atoms with E-state index in [-0.39, 0.29) is 18.4 Å². The van der Waals surface area contributed by atoms with Crippen LogP contribution in [0, 0.1) is 17.8 Å². The van der Waals surface area contributed by atoms with E-state index in [2.05, 4.69) is 0 Å². The average molecular weight is 245 g/mol. The molecule has 0 radical (unpaired) electrons. The highest BCUT2D eigenvalue weighted by atomic mass is 35.5. The summed E-state index contributed by atoms with van der Waals surface area (Å²) in [5.41, 5.74) is 5.84. The maximum Gasteiger partial charge on any atom is 0.226 e. The van der Waals surface area contributed by atoms with Crippen LogP contribution in [-0.4, -0.2) is 29.9 Å². The highest BCUT2D eigenvalue weighted by Gasteiger charge is 2.56. The molecule has 3 fully saturated rings. The number of fused-ring (bicyclic) bond motifs is 1. The maximum absolute atomic E-state index is 12.2. The summed E-state index contributed by atoms with van der Waals surface area (Å²) in [5.74, 6) is 2.28. The summed E-state index contributed by atoms with van der Waals surface area (Å²) < 4.78 is 0. The third-order valence-corrected chi connectivity index (χ3v) is 4.48. The number of nitrogens with two attached hydrogens (primary N) is 1. The van der Waals surface area contributed by atoms with Crippen LogP contribution in [0.25, 0.3) is 0 Å². The van der Waals surface area contributed by atoms with Gasteiger partial charge in [-0.05, 0) is 31.1 Å². The molecule has 2 saturated carbocycles. The van der Waals surface area contributed by atoms with Crippen molar-refractivity contribution in [3.8, 4) is 0 Å². The lowest BCUT2D eigenvalue weighted by Gasteiger charge is -2.15. The van der Waals surface area contributed by atoms with Gasteiger partial charge in [0.1, 0.15) is 0 Å². The van der Waals surface area contributed by atoms with Crippen molar-refractivity contribution in [2.24, 2.45) is 23.5 Å². The van der Waals surface area contributed by atoms with Crippen LogP contribution >= 0.6 is 12.4 Å². The molecule has 92 valence electrons. The van der Waals surface area contributed by atoms with Gasteiger partial charge in [0.2, 0.25) is 5.91 Å². The van der Waals surface area contributed by atoms with Gasteiger partial charge in [-0.15, -0.1) is 12.4 Å². The Kier molecular flexibility index (Phi) is 3.45. The molecule has 0 aromatic heterocycles. The molecular formula is C12H21ClN2O. The van der Waals surface area contributed by atoms with Gasteiger partial charge in [-0.3, -0.25) is 4.79 Å². The zero-order chi connectivity index (χ0) is 10.4. The van der Waals surface area contributed by atoms with E-state index < -0.39 is 0 Å². The minimum absolute atomic E-state index is 0. The summed E-state index contributed by atoms with van der Waals surface area (Å²) in [6.45, 7) is 1.70. The second-order valence-corrected chi connectivity index (χ2v) is 5.47. The van der Waals surface area contributed by atoms with Crippen LogP contribution < -0.4 is 5.73 Å². The topological polar surface area (TPSA) is 46.3 Å². The predicted molar refractivity (Wildman–Crippen MR) is 65.4 cm³/mol. The zero-order valence-corrected chi connectivity index (χ0v) is 10.4. The van der Waals surface area contributed by atoms with Crippen molar-refractivity contribution in [3.63, 3.8) is 0 Å². The van der Waals surface area contributed by atoms with E-state index in [1.165, 1.54) is 25.7 Å². The Hall–Kier alpha value is -0.280. The second-order valence-electron chi connectivity index (χ2n) is 5.47. The first-order valence-corrected chi connectivity index (χ1v) is 6.32. The normalized spacial score (nSPS) is 41.2. The van der Waals surface area contributed by atoms with Gasteiger partial charge in [0.15, 0.2) is 0 Å². The summed E-state index contributed by atoms with van der Waals surface area (Å²) in [4.78, 5) is 14.2. The Bertz CT molecular complexity index is 272. The third kappa shape index (κ3) is 1.95. The van der Waals surface area contributed by atoms with Crippen molar-refractivity contribution in [2.45, 2.75) is 38.1 Å². The molecule has 0 aromatic carbocycles. The van der Waals surface area contributed by atoms with Crippen LogP contribution in [0.5, 0.6) is 0 Å². The molecule has 1 heterocycles. The highest BCUT2D eigenvalue weighted by molar-refractivity contribution is 5.85. The van der Waals surface area contributed by atoms with Crippen molar-refractivity contribution in [1.82, 2.24) is 4.90 Å². The molecule has 3 nitrogen and oxygen atoms in total. The van der Waals surface area contributed by atoms with Crippen molar-refractivity contribution in [2.75, 3.05) is 13.1 Å². The van der Waals surface area contributed by atoms with Crippen molar-refractivity contribution < 1.29 is 4.79 Å². The van der Waals surface area contributed by atoms with Gasteiger partial charge in [-0.2, -0.15) is 0 Å². The molecule has 0 bridgehead atoms. The molecule has 2 aliphatic carbocycles. The smallest absolute Gasteiger partial charge is 0.226 e. The van der Waals surface area contributed by atoms with Gasteiger partial charge >= 0.3 is 0 Å². The van der Waals surface area contributed by atoms with E-state index in [1.807, 2.05) is 4.90 Å². The minimum Gasteiger partial charge on any atom is -0.341 e. The number of amides is 1. The van der Waals surface area contributed by atoms with Gasteiger partial charge in [-0.25, -0.2) is 0 Å².